The Morgan fingerprint density at radius 1 is 1.56 bits per heavy atom. The summed E-state index contributed by atoms with van der Waals surface area (Å²) >= 11 is 3.60. The van der Waals surface area contributed by atoms with E-state index < -0.39 is 5.97 Å². The molecule has 1 aromatic carbocycles. The van der Waals surface area contributed by atoms with Crippen molar-refractivity contribution in [1.29, 1.82) is 0 Å². The van der Waals surface area contributed by atoms with Crippen molar-refractivity contribution >= 4 is 21.9 Å². The van der Waals surface area contributed by atoms with E-state index in [2.05, 4.69) is 48.0 Å². The highest BCUT2D eigenvalue weighted by atomic mass is 79.9. The van der Waals surface area contributed by atoms with E-state index in [0.717, 1.165) is 19.3 Å². The third-order valence-electron chi connectivity index (χ3n) is 3.92. The highest BCUT2D eigenvalue weighted by molar-refractivity contribution is 9.10. The van der Waals surface area contributed by atoms with Crippen molar-refractivity contribution in [1.82, 2.24) is 0 Å². The van der Waals surface area contributed by atoms with Gasteiger partial charge in [-0.3, -0.25) is 4.79 Å². The van der Waals surface area contributed by atoms with Crippen LogP contribution >= 0.6 is 15.9 Å². The van der Waals surface area contributed by atoms with Gasteiger partial charge in [0.25, 0.3) is 0 Å². The second-order valence-corrected chi connectivity index (χ2v) is 6.14. The number of aryl methyl sites for hydroxylation is 1. The third-order valence-corrected chi connectivity index (χ3v) is 4.66. The Labute approximate surface area is 117 Å². The summed E-state index contributed by atoms with van der Waals surface area (Å²) in [4.78, 5) is 10.8. The van der Waals surface area contributed by atoms with Gasteiger partial charge in [0.15, 0.2) is 0 Å². The smallest absolute Gasteiger partial charge is 0.306 e. The lowest BCUT2D eigenvalue weighted by molar-refractivity contribution is -0.138. The minimum Gasteiger partial charge on any atom is -0.481 e. The maximum Gasteiger partial charge on any atom is 0.306 e. The van der Waals surface area contributed by atoms with Crippen LogP contribution in [0.4, 0.5) is 0 Å². The lowest BCUT2D eigenvalue weighted by Crippen LogP contribution is -2.02. The van der Waals surface area contributed by atoms with Crippen LogP contribution in [-0.2, 0) is 11.2 Å². The molecule has 2 rings (SSSR count). The van der Waals surface area contributed by atoms with Crippen LogP contribution in [0.2, 0.25) is 0 Å². The highest BCUT2D eigenvalue weighted by Gasteiger charge is 2.43. The van der Waals surface area contributed by atoms with Crippen molar-refractivity contribution in [3.05, 3.63) is 33.8 Å². The summed E-state index contributed by atoms with van der Waals surface area (Å²) in [6.45, 7) is 4.33. The van der Waals surface area contributed by atoms with Crippen molar-refractivity contribution in [2.24, 2.45) is 11.8 Å². The van der Waals surface area contributed by atoms with Gasteiger partial charge in [0.05, 0.1) is 5.92 Å². The van der Waals surface area contributed by atoms with Crippen molar-refractivity contribution in [2.45, 2.75) is 39.0 Å². The summed E-state index contributed by atoms with van der Waals surface area (Å²) < 4.78 is 1.17. The maximum absolute atomic E-state index is 10.8. The number of aliphatic carboxylic acids is 1. The van der Waals surface area contributed by atoms with Gasteiger partial charge in [0.2, 0.25) is 0 Å². The molecule has 18 heavy (non-hydrogen) atoms. The predicted octanol–water partition coefficient (Wildman–Crippen LogP) is 4.23. The van der Waals surface area contributed by atoms with Crippen LogP contribution in [0.3, 0.4) is 0 Å². The molecule has 0 bridgehead atoms. The van der Waals surface area contributed by atoms with Crippen LogP contribution in [0.5, 0.6) is 0 Å². The minimum absolute atomic E-state index is 0.0918. The average Bonchev–Trinajstić information content (AvgIpc) is 3.08. The van der Waals surface area contributed by atoms with Gasteiger partial charge in [0, 0.05) is 4.47 Å². The van der Waals surface area contributed by atoms with E-state index in [1.165, 1.54) is 15.6 Å². The van der Waals surface area contributed by atoms with Crippen molar-refractivity contribution in [2.75, 3.05) is 0 Å². The van der Waals surface area contributed by atoms with Crippen molar-refractivity contribution in [3.63, 3.8) is 0 Å². The van der Waals surface area contributed by atoms with Crippen LogP contribution in [0.15, 0.2) is 22.7 Å². The number of carbonyl (C=O) groups is 1. The molecule has 0 aliphatic heterocycles. The summed E-state index contributed by atoms with van der Waals surface area (Å²) in [5.41, 5.74) is 2.62. The molecule has 3 atom stereocenters. The van der Waals surface area contributed by atoms with Gasteiger partial charge in [0.1, 0.15) is 0 Å². The Bertz CT molecular complexity index is 456. The first-order chi connectivity index (χ1) is 8.52. The highest BCUT2D eigenvalue weighted by Crippen LogP contribution is 2.45. The fraction of sp³-hybridized carbons (Fsp3) is 0.533. The van der Waals surface area contributed by atoms with Crippen LogP contribution in [0.1, 0.15) is 43.7 Å². The second-order valence-electron chi connectivity index (χ2n) is 5.28. The molecule has 98 valence electrons. The minimum atomic E-state index is -0.630. The van der Waals surface area contributed by atoms with Crippen LogP contribution in [0, 0.1) is 11.8 Å². The molecule has 0 aromatic heterocycles. The molecular weight excluding hydrogens is 292 g/mol. The van der Waals surface area contributed by atoms with E-state index in [1.54, 1.807) is 0 Å². The van der Waals surface area contributed by atoms with Crippen molar-refractivity contribution < 1.29 is 9.90 Å². The number of carboxylic acids is 1. The van der Waals surface area contributed by atoms with E-state index >= 15 is 0 Å². The normalized spacial score (nSPS) is 23.7. The topological polar surface area (TPSA) is 37.3 Å². The molecule has 0 amide bonds. The Morgan fingerprint density at radius 3 is 2.78 bits per heavy atom. The summed E-state index contributed by atoms with van der Waals surface area (Å²) in [5, 5.41) is 8.91. The lowest BCUT2D eigenvalue weighted by Gasteiger charge is -2.13. The van der Waals surface area contributed by atoms with E-state index in [9.17, 15) is 4.79 Å². The Morgan fingerprint density at radius 2 is 2.28 bits per heavy atom. The zero-order valence-corrected chi connectivity index (χ0v) is 12.4. The fourth-order valence-electron chi connectivity index (χ4n) is 2.56. The van der Waals surface area contributed by atoms with Crippen molar-refractivity contribution in [3.8, 4) is 0 Å². The number of carboxylic acid groups (broad SMARTS) is 1. The third kappa shape index (κ3) is 2.94. The van der Waals surface area contributed by atoms with E-state index in [1.807, 2.05) is 0 Å². The SMILES string of the molecule is CCc1ccc(C(C)CC2CC2C(=O)O)cc1Br. The molecule has 2 nitrogen and oxygen atoms in total. The first-order valence-electron chi connectivity index (χ1n) is 6.54. The van der Waals surface area contributed by atoms with E-state index in [-0.39, 0.29) is 5.92 Å². The molecular formula is C15H19BrO2. The van der Waals surface area contributed by atoms with Gasteiger partial charge in [-0.05, 0) is 48.3 Å². The monoisotopic (exact) mass is 310 g/mol. The number of hydrogen-bond acceptors (Lipinski definition) is 1. The predicted molar refractivity (Wildman–Crippen MR) is 75.8 cm³/mol. The summed E-state index contributed by atoms with van der Waals surface area (Å²) in [6, 6.07) is 6.52. The molecule has 3 unspecified atom stereocenters. The first kappa shape index (κ1) is 13.6. The van der Waals surface area contributed by atoms with E-state index in [0.29, 0.717) is 11.8 Å². The number of rotatable bonds is 5. The van der Waals surface area contributed by atoms with Gasteiger partial charge in [-0.25, -0.2) is 0 Å². The molecule has 3 heteroatoms. The molecule has 1 fully saturated rings. The number of benzene rings is 1. The van der Waals surface area contributed by atoms with Gasteiger partial charge in [-0.15, -0.1) is 0 Å². The molecule has 1 aromatic rings. The fourth-order valence-corrected chi connectivity index (χ4v) is 3.23. The lowest BCUT2D eigenvalue weighted by atomic mass is 9.94. The maximum atomic E-state index is 10.8. The standard InChI is InChI=1S/C15H19BrO2/c1-3-10-4-5-11(8-14(10)16)9(2)6-12-7-13(12)15(17)18/h4-5,8-9,12-13H,3,6-7H2,1-2H3,(H,17,18). The molecule has 0 radical (unpaired) electrons. The summed E-state index contributed by atoms with van der Waals surface area (Å²) in [7, 11) is 0. The molecule has 0 saturated heterocycles. The molecule has 1 saturated carbocycles. The van der Waals surface area contributed by atoms with Gasteiger partial charge >= 0.3 is 5.97 Å². The first-order valence-corrected chi connectivity index (χ1v) is 7.33. The molecule has 1 aliphatic rings. The van der Waals surface area contributed by atoms with Crippen LogP contribution < -0.4 is 0 Å². The van der Waals surface area contributed by atoms with E-state index in [4.69, 9.17) is 5.11 Å². The molecule has 0 heterocycles. The number of hydrogen-bond donors (Lipinski definition) is 1. The van der Waals surface area contributed by atoms with Crippen LogP contribution in [0.25, 0.3) is 0 Å². The molecule has 1 N–H and O–H groups in total. The Balaban J connectivity index is 1.99. The average molecular weight is 311 g/mol. The van der Waals surface area contributed by atoms with Gasteiger partial charge < -0.3 is 5.11 Å². The molecule has 1 aliphatic carbocycles. The second kappa shape index (κ2) is 5.43. The Kier molecular flexibility index (Phi) is 4.10. The van der Waals surface area contributed by atoms with Gasteiger partial charge in [-0.2, -0.15) is 0 Å². The van der Waals surface area contributed by atoms with Crippen LogP contribution in [-0.4, -0.2) is 11.1 Å². The number of halogens is 1. The quantitative estimate of drug-likeness (QED) is 0.884. The largest absolute Gasteiger partial charge is 0.481 e. The zero-order chi connectivity index (χ0) is 13.3. The Hall–Kier alpha value is -0.830. The summed E-state index contributed by atoms with van der Waals surface area (Å²) in [6.07, 6.45) is 2.86. The zero-order valence-electron chi connectivity index (χ0n) is 10.8. The summed E-state index contributed by atoms with van der Waals surface area (Å²) in [5.74, 6) is 0.0872. The van der Waals surface area contributed by atoms with Gasteiger partial charge in [-0.1, -0.05) is 41.9 Å². The molecule has 0 spiro atoms.